The van der Waals surface area contributed by atoms with Crippen LogP contribution >= 0.6 is 11.6 Å². The lowest BCUT2D eigenvalue weighted by Gasteiger charge is -2.13. The average molecular weight is 439 g/mol. The first kappa shape index (κ1) is 20.2. The number of halogens is 1. The highest BCUT2D eigenvalue weighted by molar-refractivity contribution is 7.92. The smallest absolute Gasteiger partial charge is 0.257 e. The van der Waals surface area contributed by atoms with Crippen molar-refractivity contribution < 1.29 is 13.2 Å². The van der Waals surface area contributed by atoms with Crippen LogP contribution in [0.5, 0.6) is 0 Å². The van der Waals surface area contributed by atoms with E-state index in [0.29, 0.717) is 27.5 Å². The van der Waals surface area contributed by atoms with Gasteiger partial charge in [-0.3, -0.25) is 9.52 Å². The summed E-state index contributed by atoms with van der Waals surface area (Å²) >= 11 is 6.07. The minimum Gasteiger partial charge on any atom is -0.321 e. The number of benzene rings is 3. The van der Waals surface area contributed by atoms with Crippen molar-refractivity contribution in [1.29, 1.82) is 0 Å². The molecule has 3 aromatic carbocycles. The molecule has 0 unspecified atom stereocenters. The van der Waals surface area contributed by atoms with Gasteiger partial charge < -0.3 is 5.32 Å². The topological polar surface area (TPSA) is 75.3 Å². The number of hydrogen-bond donors (Lipinski definition) is 2. The summed E-state index contributed by atoms with van der Waals surface area (Å²) in [4.78, 5) is 13.0. The first-order valence-corrected chi connectivity index (χ1v) is 11.4. The van der Waals surface area contributed by atoms with Gasteiger partial charge in [0.1, 0.15) is 0 Å². The van der Waals surface area contributed by atoms with Gasteiger partial charge in [-0.2, -0.15) is 0 Å². The van der Waals surface area contributed by atoms with Crippen LogP contribution in [0.2, 0.25) is 5.02 Å². The standard InChI is InChI=1S/C23H19ClN2O3S/c1-2-30(28,29)26-18-12-13-20-19(14-18)22(23(27)25-20)21(15-6-4-3-5-7-15)16-8-10-17(24)11-9-16/h3-14,26H,2H2,1H3,(H,25,27)/b22-21+. The van der Waals surface area contributed by atoms with Crippen LogP contribution in [0.4, 0.5) is 11.4 Å². The molecule has 1 aliphatic heterocycles. The number of fused-ring (bicyclic) bond motifs is 1. The Balaban J connectivity index is 1.95. The van der Waals surface area contributed by atoms with Crippen LogP contribution in [0.25, 0.3) is 11.1 Å². The molecule has 0 bridgehead atoms. The average Bonchev–Trinajstić information content (AvgIpc) is 3.05. The monoisotopic (exact) mass is 438 g/mol. The van der Waals surface area contributed by atoms with E-state index in [1.165, 1.54) is 0 Å². The molecule has 5 nitrogen and oxygen atoms in total. The Morgan fingerprint density at radius 1 is 0.967 bits per heavy atom. The second-order valence-electron chi connectivity index (χ2n) is 6.84. The van der Waals surface area contributed by atoms with Gasteiger partial charge in [-0.25, -0.2) is 8.42 Å². The van der Waals surface area contributed by atoms with Crippen molar-refractivity contribution in [2.45, 2.75) is 6.92 Å². The van der Waals surface area contributed by atoms with Crippen LogP contribution in [0.1, 0.15) is 23.6 Å². The normalized spacial score (nSPS) is 14.8. The van der Waals surface area contributed by atoms with Gasteiger partial charge >= 0.3 is 0 Å². The molecule has 4 rings (SSSR count). The molecule has 0 aliphatic carbocycles. The van der Waals surface area contributed by atoms with E-state index >= 15 is 0 Å². The summed E-state index contributed by atoms with van der Waals surface area (Å²) in [5.74, 6) is -0.279. The molecule has 0 atom stereocenters. The Morgan fingerprint density at radius 2 is 1.63 bits per heavy atom. The predicted molar refractivity (Wildman–Crippen MR) is 122 cm³/mol. The van der Waals surface area contributed by atoms with Crippen LogP contribution in [0, 0.1) is 0 Å². The van der Waals surface area contributed by atoms with Gasteiger partial charge in [0.25, 0.3) is 5.91 Å². The van der Waals surface area contributed by atoms with Crippen LogP contribution in [-0.4, -0.2) is 20.1 Å². The molecule has 30 heavy (non-hydrogen) atoms. The third kappa shape index (κ3) is 3.97. The van der Waals surface area contributed by atoms with E-state index in [0.717, 1.165) is 16.7 Å². The number of carbonyl (C=O) groups excluding carboxylic acids is 1. The first-order chi connectivity index (χ1) is 14.4. The number of anilines is 2. The fourth-order valence-corrected chi connectivity index (χ4v) is 4.16. The Hall–Kier alpha value is -3.09. The molecule has 0 spiro atoms. The lowest BCUT2D eigenvalue weighted by atomic mass is 9.90. The van der Waals surface area contributed by atoms with Gasteiger partial charge in [-0.05, 0) is 48.4 Å². The molecule has 1 amide bonds. The van der Waals surface area contributed by atoms with Gasteiger partial charge in [-0.15, -0.1) is 0 Å². The molecule has 0 saturated heterocycles. The summed E-state index contributed by atoms with van der Waals surface area (Å²) in [6.45, 7) is 1.57. The third-order valence-electron chi connectivity index (χ3n) is 4.86. The summed E-state index contributed by atoms with van der Waals surface area (Å²) in [5, 5.41) is 3.48. The minimum absolute atomic E-state index is 0.0377. The summed E-state index contributed by atoms with van der Waals surface area (Å²) in [6.07, 6.45) is 0. The van der Waals surface area contributed by atoms with E-state index in [-0.39, 0.29) is 11.7 Å². The highest BCUT2D eigenvalue weighted by atomic mass is 35.5. The number of nitrogens with one attached hydrogen (secondary N) is 2. The molecule has 1 heterocycles. The number of hydrogen-bond acceptors (Lipinski definition) is 3. The fourth-order valence-electron chi connectivity index (χ4n) is 3.41. The van der Waals surface area contributed by atoms with Crippen molar-refractivity contribution in [1.82, 2.24) is 0 Å². The quantitative estimate of drug-likeness (QED) is 0.549. The van der Waals surface area contributed by atoms with Crippen LogP contribution < -0.4 is 10.0 Å². The number of sulfonamides is 1. The molecule has 7 heteroatoms. The summed E-state index contributed by atoms with van der Waals surface area (Å²) in [5.41, 5.74) is 4.63. The van der Waals surface area contributed by atoms with Crippen molar-refractivity contribution in [3.8, 4) is 0 Å². The van der Waals surface area contributed by atoms with Crippen LogP contribution in [0.3, 0.4) is 0 Å². The lowest BCUT2D eigenvalue weighted by Crippen LogP contribution is -2.14. The zero-order chi connectivity index (χ0) is 21.3. The highest BCUT2D eigenvalue weighted by Gasteiger charge is 2.29. The Morgan fingerprint density at radius 3 is 2.30 bits per heavy atom. The van der Waals surface area contributed by atoms with Crippen molar-refractivity contribution >= 4 is 50.1 Å². The molecule has 0 radical (unpaired) electrons. The van der Waals surface area contributed by atoms with Gasteiger partial charge in [0, 0.05) is 27.5 Å². The van der Waals surface area contributed by atoms with Crippen molar-refractivity contribution in [3.05, 3.63) is 94.5 Å². The number of carbonyl (C=O) groups is 1. The highest BCUT2D eigenvalue weighted by Crippen LogP contribution is 2.41. The SMILES string of the molecule is CCS(=O)(=O)Nc1ccc2c(c1)/C(=C(/c1ccccc1)c1ccc(Cl)cc1)C(=O)N2. The number of rotatable bonds is 5. The second kappa shape index (κ2) is 7.97. The molecule has 0 saturated carbocycles. The molecule has 1 aliphatic rings. The Kier molecular flexibility index (Phi) is 5.37. The Labute approximate surface area is 180 Å². The molecule has 152 valence electrons. The molecular formula is C23H19ClN2O3S. The van der Waals surface area contributed by atoms with E-state index in [4.69, 9.17) is 11.6 Å². The Bertz CT molecular complexity index is 1250. The van der Waals surface area contributed by atoms with Crippen LogP contribution in [-0.2, 0) is 14.8 Å². The van der Waals surface area contributed by atoms with E-state index in [2.05, 4.69) is 10.0 Å². The van der Waals surface area contributed by atoms with Gasteiger partial charge in [0.05, 0.1) is 11.3 Å². The molecule has 2 N–H and O–H groups in total. The van der Waals surface area contributed by atoms with Gasteiger partial charge in [0.15, 0.2) is 0 Å². The zero-order valence-electron chi connectivity index (χ0n) is 16.1. The van der Waals surface area contributed by atoms with Crippen molar-refractivity contribution in [2.24, 2.45) is 0 Å². The van der Waals surface area contributed by atoms with Crippen molar-refractivity contribution in [3.63, 3.8) is 0 Å². The van der Waals surface area contributed by atoms with E-state index in [9.17, 15) is 13.2 Å². The summed E-state index contributed by atoms with van der Waals surface area (Å²) in [7, 11) is -3.44. The molecule has 3 aromatic rings. The van der Waals surface area contributed by atoms with E-state index in [1.54, 1.807) is 37.3 Å². The fraction of sp³-hybridized carbons (Fsp3) is 0.0870. The zero-order valence-corrected chi connectivity index (χ0v) is 17.7. The van der Waals surface area contributed by atoms with Crippen molar-refractivity contribution in [2.75, 3.05) is 15.8 Å². The minimum atomic E-state index is -3.44. The first-order valence-electron chi connectivity index (χ1n) is 9.40. The number of amides is 1. The van der Waals surface area contributed by atoms with E-state index < -0.39 is 10.0 Å². The van der Waals surface area contributed by atoms with E-state index in [1.807, 2.05) is 42.5 Å². The molecule has 0 aromatic heterocycles. The second-order valence-corrected chi connectivity index (χ2v) is 9.29. The maximum absolute atomic E-state index is 13.0. The maximum atomic E-state index is 13.0. The summed E-state index contributed by atoms with van der Waals surface area (Å²) < 4.78 is 26.6. The third-order valence-corrected chi connectivity index (χ3v) is 6.42. The summed E-state index contributed by atoms with van der Waals surface area (Å²) in [6, 6.07) is 21.9. The van der Waals surface area contributed by atoms with Gasteiger partial charge in [-0.1, -0.05) is 54.1 Å². The molecule has 0 fully saturated rings. The van der Waals surface area contributed by atoms with Crippen LogP contribution in [0.15, 0.2) is 72.8 Å². The maximum Gasteiger partial charge on any atom is 0.257 e. The lowest BCUT2D eigenvalue weighted by molar-refractivity contribution is -0.110. The van der Waals surface area contributed by atoms with Gasteiger partial charge in [0.2, 0.25) is 10.0 Å². The predicted octanol–water partition coefficient (Wildman–Crippen LogP) is 5.01. The molecular weight excluding hydrogens is 420 g/mol. The largest absolute Gasteiger partial charge is 0.321 e.